The second-order valence-corrected chi connectivity index (χ2v) is 2.87. The Morgan fingerprint density at radius 3 is 2.53 bits per heavy atom. The Bertz CT molecular complexity index is 476. The average molecular weight is 213 g/mol. The molecule has 0 saturated carbocycles. The summed E-state index contributed by atoms with van der Waals surface area (Å²) in [5, 5.41) is 0.345. The smallest absolute Gasteiger partial charge is 0.405 e. The van der Waals surface area contributed by atoms with Gasteiger partial charge in [0.05, 0.1) is 5.52 Å². The van der Waals surface area contributed by atoms with Gasteiger partial charge >= 0.3 is 6.36 Å². The van der Waals surface area contributed by atoms with Crippen molar-refractivity contribution < 1.29 is 17.9 Å². The Hall–Kier alpha value is -1.78. The third-order valence-electron chi connectivity index (χ3n) is 1.83. The largest absolute Gasteiger partial charge is 0.573 e. The van der Waals surface area contributed by atoms with Crippen LogP contribution < -0.4 is 4.74 Å². The van der Waals surface area contributed by atoms with Gasteiger partial charge in [-0.1, -0.05) is 12.1 Å². The van der Waals surface area contributed by atoms with Gasteiger partial charge in [-0.25, -0.2) is 0 Å². The van der Waals surface area contributed by atoms with Crippen molar-refractivity contribution in [3.8, 4) is 5.75 Å². The maximum absolute atomic E-state index is 12.0. The van der Waals surface area contributed by atoms with Gasteiger partial charge in [-0.3, -0.25) is 4.98 Å². The van der Waals surface area contributed by atoms with Gasteiger partial charge in [0.1, 0.15) is 5.75 Å². The van der Waals surface area contributed by atoms with Gasteiger partial charge < -0.3 is 4.74 Å². The molecule has 1 aromatic carbocycles. The molecule has 0 aliphatic rings. The molecule has 0 aliphatic carbocycles. The maximum Gasteiger partial charge on any atom is 0.573 e. The van der Waals surface area contributed by atoms with Crippen LogP contribution in [0.3, 0.4) is 0 Å². The number of rotatable bonds is 1. The lowest BCUT2D eigenvalue weighted by Crippen LogP contribution is -2.17. The zero-order valence-electron chi connectivity index (χ0n) is 7.45. The van der Waals surface area contributed by atoms with E-state index >= 15 is 0 Å². The number of benzene rings is 1. The molecule has 0 N–H and O–H groups in total. The summed E-state index contributed by atoms with van der Waals surface area (Å²) in [6, 6.07) is 7.68. The highest BCUT2D eigenvalue weighted by Gasteiger charge is 2.31. The molecule has 0 atom stereocenters. The highest BCUT2D eigenvalue weighted by molar-refractivity contribution is 5.84. The monoisotopic (exact) mass is 213 g/mol. The molecule has 0 bridgehead atoms. The summed E-state index contributed by atoms with van der Waals surface area (Å²) in [5.74, 6) is -0.229. The number of hydrogen-bond acceptors (Lipinski definition) is 2. The Morgan fingerprint density at radius 1 is 1.07 bits per heavy atom. The number of halogens is 3. The number of alkyl halides is 3. The number of fused-ring (bicyclic) bond motifs is 1. The van der Waals surface area contributed by atoms with Crippen molar-refractivity contribution in [1.82, 2.24) is 4.98 Å². The van der Waals surface area contributed by atoms with E-state index in [1.54, 1.807) is 18.2 Å². The van der Waals surface area contributed by atoms with Crippen LogP contribution in [0.1, 0.15) is 0 Å². The molecule has 1 heterocycles. The first-order valence-electron chi connectivity index (χ1n) is 4.16. The highest BCUT2D eigenvalue weighted by atomic mass is 19.4. The lowest BCUT2D eigenvalue weighted by atomic mass is 10.2. The van der Waals surface area contributed by atoms with E-state index in [4.69, 9.17) is 0 Å². The van der Waals surface area contributed by atoms with Crippen molar-refractivity contribution in [3.05, 3.63) is 36.5 Å². The van der Waals surface area contributed by atoms with E-state index in [0.717, 1.165) is 0 Å². The van der Waals surface area contributed by atoms with E-state index in [1.807, 2.05) is 0 Å². The minimum atomic E-state index is -4.68. The minimum Gasteiger partial charge on any atom is -0.405 e. The molecule has 78 valence electrons. The van der Waals surface area contributed by atoms with Crippen LogP contribution in [0.5, 0.6) is 5.75 Å². The topological polar surface area (TPSA) is 22.1 Å². The second kappa shape index (κ2) is 3.42. The van der Waals surface area contributed by atoms with E-state index < -0.39 is 6.36 Å². The lowest BCUT2D eigenvalue weighted by molar-refractivity contribution is -0.274. The summed E-state index contributed by atoms with van der Waals surface area (Å²) in [4.78, 5) is 3.92. The predicted molar refractivity (Wildman–Crippen MR) is 48.4 cm³/mol. The average Bonchev–Trinajstić information content (AvgIpc) is 2.16. The molecule has 0 saturated heterocycles. The fourth-order valence-corrected chi connectivity index (χ4v) is 1.28. The predicted octanol–water partition coefficient (Wildman–Crippen LogP) is 3.13. The van der Waals surface area contributed by atoms with Gasteiger partial charge in [-0.15, -0.1) is 13.2 Å². The molecule has 5 heteroatoms. The molecular formula is C10H6F3NO. The van der Waals surface area contributed by atoms with Gasteiger partial charge in [-0.2, -0.15) is 0 Å². The van der Waals surface area contributed by atoms with Crippen LogP contribution in [0, 0.1) is 0 Å². The third kappa shape index (κ3) is 2.18. The van der Waals surface area contributed by atoms with Crippen LogP contribution in [-0.2, 0) is 0 Å². The van der Waals surface area contributed by atoms with Gasteiger partial charge in [-0.05, 0) is 18.2 Å². The van der Waals surface area contributed by atoms with Gasteiger partial charge in [0.15, 0.2) is 0 Å². The van der Waals surface area contributed by atoms with E-state index in [9.17, 15) is 13.2 Å². The van der Waals surface area contributed by atoms with Crippen molar-refractivity contribution in [2.45, 2.75) is 6.36 Å². The number of para-hydroxylation sites is 1. The number of aromatic nitrogens is 1. The van der Waals surface area contributed by atoms with Gasteiger partial charge in [0.25, 0.3) is 0 Å². The van der Waals surface area contributed by atoms with E-state index in [0.29, 0.717) is 10.9 Å². The van der Waals surface area contributed by atoms with Gasteiger partial charge in [0, 0.05) is 11.6 Å². The quantitative estimate of drug-likeness (QED) is 0.726. The Morgan fingerprint density at radius 2 is 1.80 bits per heavy atom. The molecule has 0 fully saturated rings. The molecule has 0 spiro atoms. The minimum absolute atomic E-state index is 0.229. The highest BCUT2D eigenvalue weighted by Crippen LogP contribution is 2.28. The first kappa shape index (κ1) is 9.76. The number of hydrogen-bond donors (Lipinski definition) is 0. The van der Waals surface area contributed by atoms with E-state index in [2.05, 4.69) is 9.72 Å². The van der Waals surface area contributed by atoms with Crippen LogP contribution in [-0.4, -0.2) is 11.3 Å². The molecule has 0 radical (unpaired) electrons. The standard InChI is InChI=1S/C10H6F3NO/c11-10(12,13)15-9-5-6-14-8-4-2-1-3-7(8)9/h1-6H. The Balaban J connectivity index is 2.52. The molecule has 2 nitrogen and oxygen atoms in total. The van der Waals surface area contributed by atoms with Crippen molar-refractivity contribution in [2.24, 2.45) is 0 Å². The fourth-order valence-electron chi connectivity index (χ4n) is 1.28. The molecule has 0 aliphatic heterocycles. The van der Waals surface area contributed by atoms with E-state index in [1.165, 1.54) is 18.3 Å². The van der Waals surface area contributed by atoms with Crippen LogP contribution in [0.2, 0.25) is 0 Å². The molecule has 0 amide bonds. The molecule has 2 rings (SSSR count). The maximum atomic E-state index is 12.0. The summed E-state index contributed by atoms with van der Waals surface area (Å²) >= 11 is 0. The van der Waals surface area contributed by atoms with Crippen molar-refractivity contribution >= 4 is 10.9 Å². The normalized spacial score (nSPS) is 11.7. The zero-order chi connectivity index (χ0) is 10.9. The first-order valence-corrected chi connectivity index (χ1v) is 4.16. The summed E-state index contributed by atoms with van der Waals surface area (Å²) in [6.45, 7) is 0. The zero-order valence-corrected chi connectivity index (χ0v) is 7.45. The van der Waals surface area contributed by atoms with Crippen molar-refractivity contribution in [2.75, 3.05) is 0 Å². The van der Waals surface area contributed by atoms with Crippen LogP contribution in [0.4, 0.5) is 13.2 Å². The summed E-state index contributed by atoms with van der Waals surface area (Å²) in [6.07, 6.45) is -3.40. The summed E-state index contributed by atoms with van der Waals surface area (Å²) in [7, 11) is 0. The van der Waals surface area contributed by atoms with Crippen LogP contribution >= 0.6 is 0 Å². The van der Waals surface area contributed by atoms with Crippen LogP contribution in [0.15, 0.2) is 36.5 Å². The molecular weight excluding hydrogens is 207 g/mol. The first-order chi connectivity index (χ1) is 7.06. The SMILES string of the molecule is FC(F)(F)Oc1ccnc2ccccc12. The fraction of sp³-hybridized carbons (Fsp3) is 0.100. The lowest BCUT2D eigenvalue weighted by Gasteiger charge is -2.10. The molecule has 1 aromatic heterocycles. The number of nitrogens with zero attached hydrogens (tertiary/aromatic N) is 1. The Kier molecular flexibility index (Phi) is 2.22. The molecule has 0 unspecified atom stereocenters. The van der Waals surface area contributed by atoms with Gasteiger partial charge in [0.2, 0.25) is 0 Å². The number of pyridine rings is 1. The Labute approximate surface area is 83.3 Å². The third-order valence-corrected chi connectivity index (χ3v) is 1.83. The van der Waals surface area contributed by atoms with Crippen molar-refractivity contribution in [1.29, 1.82) is 0 Å². The van der Waals surface area contributed by atoms with Crippen LogP contribution in [0.25, 0.3) is 10.9 Å². The van der Waals surface area contributed by atoms with Crippen molar-refractivity contribution in [3.63, 3.8) is 0 Å². The summed E-state index contributed by atoms with van der Waals surface area (Å²) < 4.78 is 40.0. The summed E-state index contributed by atoms with van der Waals surface area (Å²) in [5.41, 5.74) is 0.472. The second-order valence-electron chi connectivity index (χ2n) is 2.87. The molecule has 15 heavy (non-hydrogen) atoms. The molecule has 2 aromatic rings. The van der Waals surface area contributed by atoms with E-state index in [-0.39, 0.29) is 5.75 Å². The number of ether oxygens (including phenoxy) is 1.